The summed E-state index contributed by atoms with van der Waals surface area (Å²) < 4.78 is 0. The quantitative estimate of drug-likeness (QED) is 0.762. The van der Waals surface area contributed by atoms with Gasteiger partial charge in [0.15, 0.2) is 0 Å². The van der Waals surface area contributed by atoms with Crippen LogP contribution in [0.1, 0.15) is 36.8 Å². The molecule has 2 rings (SSSR count). The van der Waals surface area contributed by atoms with Crippen LogP contribution in [-0.2, 0) is 10.5 Å². The van der Waals surface area contributed by atoms with E-state index in [-0.39, 0.29) is 5.91 Å². The molecule has 4 heteroatoms. The highest BCUT2D eigenvalue weighted by molar-refractivity contribution is 7.98. The predicted octanol–water partition coefficient (Wildman–Crippen LogP) is 2.86. The smallest absolute Gasteiger partial charge is 0.238 e. The molecule has 2 atom stereocenters. The second-order valence-electron chi connectivity index (χ2n) is 5.94. The predicted molar refractivity (Wildman–Crippen MR) is 90.3 cm³/mol. The Balaban J connectivity index is 1.83. The molecule has 2 unspecified atom stereocenters. The van der Waals surface area contributed by atoms with Gasteiger partial charge in [0, 0.05) is 5.75 Å². The van der Waals surface area contributed by atoms with Crippen LogP contribution in [0, 0.1) is 12.8 Å². The van der Waals surface area contributed by atoms with Crippen molar-refractivity contribution in [3.63, 3.8) is 0 Å². The van der Waals surface area contributed by atoms with E-state index in [1.54, 1.807) is 0 Å². The summed E-state index contributed by atoms with van der Waals surface area (Å²) >= 11 is 1.95. The van der Waals surface area contributed by atoms with Crippen molar-refractivity contribution < 1.29 is 4.79 Å². The first kappa shape index (κ1) is 16.4. The monoisotopic (exact) mass is 306 g/mol. The van der Waals surface area contributed by atoms with Crippen LogP contribution in [0.2, 0.25) is 0 Å². The number of hydrogen-bond acceptors (Lipinski definition) is 3. The van der Waals surface area contributed by atoms with Crippen molar-refractivity contribution in [1.29, 1.82) is 0 Å². The summed E-state index contributed by atoms with van der Waals surface area (Å²) in [6.45, 7) is 2.16. The summed E-state index contributed by atoms with van der Waals surface area (Å²) in [5, 5.41) is 3.21. The van der Waals surface area contributed by atoms with E-state index in [1.807, 2.05) is 18.8 Å². The highest BCUT2D eigenvalue weighted by Crippen LogP contribution is 2.38. The molecular weight excluding hydrogens is 280 g/mol. The van der Waals surface area contributed by atoms with Gasteiger partial charge in [0.05, 0.1) is 0 Å². The first-order valence-corrected chi connectivity index (χ1v) is 8.86. The Labute approximate surface area is 132 Å². The van der Waals surface area contributed by atoms with Gasteiger partial charge >= 0.3 is 0 Å². The van der Waals surface area contributed by atoms with Gasteiger partial charge in [0.2, 0.25) is 5.91 Å². The fraction of sp³-hybridized carbons (Fsp3) is 0.588. The van der Waals surface area contributed by atoms with Gasteiger partial charge in [0.1, 0.15) is 5.54 Å². The molecule has 1 saturated carbocycles. The Kier molecular flexibility index (Phi) is 5.71. The number of amides is 1. The highest BCUT2D eigenvalue weighted by atomic mass is 32.2. The molecule has 1 aromatic carbocycles. The molecule has 0 saturated heterocycles. The van der Waals surface area contributed by atoms with E-state index in [2.05, 4.69) is 36.5 Å². The number of thioether (sulfide) groups is 1. The maximum Gasteiger partial charge on any atom is 0.238 e. The van der Waals surface area contributed by atoms with Gasteiger partial charge in [-0.05, 0) is 56.0 Å². The molecule has 1 amide bonds. The molecule has 3 N–H and O–H groups in total. The Morgan fingerprint density at radius 2 is 2.24 bits per heavy atom. The number of benzene rings is 1. The number of carbonyl (C=O) groups is 1. The number of nitrogens with two attached hydrogens (primary N) is 1. The molecule has 0 bridgehead atoms. The first-order valence-electron chi connectivity index (χ1n) is 7.71. The number of hydrogen-bond donors (Lipinski definition) is 2. The Bertz CT molecular complexity index is 491. The third kappa shape index (κ3) is 3.61. The molecule has 1 aliphatic carbocycles. The number of nitrogens with one attached hydrogen (secondary N) is 1. The average molecular weight is 306 g/mol. The van der Waals surface area contributed by atoms with E-state index in [4.69, 9.17) is 5.73 Å². The Morgan fingerprint density at radius 1 is 1.48 bits per heavy atom. The zero-order valence-corrected chi connectivity index (χ0v) is 13.8. The van der Waals surface area contributed by atoms with Crippen LogP contribution >= 0.6 is 11.8 Å². The minimum absolute atomic E-state index is 0.184. The van der Waals surface area contributed by atoms with Gasteiger partial charge < -0.3 is 11.1 Å². The summed E-state index contributed by atoms with van der Waals surface area (Å²) in [5.74, 6) is 2.32. The van der Waals surface area contributed by atoms with E-state index in [9.17, 15) is 4.79 Å². The summed E-state index contributed by atoms with van der Waals surface area (Å²) in [4.78, 5) is 11.8. The largest absolute Gasteiger partial charge is 0.368 e. The standard InChI is InChI=1S/C17H26N2OS/c1-13-6-3-4-7-14(13)12-21-11-9-15-8-5-10-17(15,19-2)16(18)20/h3-4,6-7,15,19H,5,8-12H2,1-2H3,(H2,18,20). The lowest BCUT2D eigenvalue weighted by molar-refractivity contribution is -0.125. The second kappa shape index (κ2) is 7.32. The Morgan fingerprint density at radius 3 is 2.90 bits per heavy atom. The maximum atomic E-state index is 11.8. The van der Waals surface area contributed by atoms with E-state index in [0.717, 1.165) is 37.2 Å². The average Bonchev–Trinajstić information content (AvgIpc) is 2.89. The van der Waals surface area contributed by atoms with E-state index in [1.165, 1.54) is 11.1 Å². The third-order valence-corrected chi connectivity index (χ3v) is 5.88. The molecule has 0 spiro atoms. The van der Waals surface area contributed by atoms with Crippen LogP contribution in [-0.4, -0.2) is 24.2 Å². The molecule has 0 aromatic heterocycles. The number of aryl methyl sites for hydroxylation is 1. The zero-order chi connectivity index (χ0) is 15.3. The van der Waals surface area contributed by atoms with E-state index in [0.29, 0.717) is 5.92 Å². The SMILES string of the molecule is CNC1(C(N)=O)CCCC1CCSCc1ccccc1C. The lowest BCUT2D eigenvalue weighted by atomic mass is 9.84. The minimum Gasteiger partial charge on any atom is -0.368 e. The molecule has 1 aliphatic rings. The normalized spacial score (nSPS) is 25.1. The van der Waals surface area contributed by atoms with Crippen molar-refractivity contribution in [2.45, 2.75) is 43.9 Å². The van der Waals surface area contributed by atoms with Crippen LogP contribution in [0.15, 0.2) is 24.3 Å². The third-order valence-electron chi connectivity index (χ3n) is 4.84. The summed E-state index contributed by atoms with van der Waals surface area (Å²) in [5.41, 5.74) is 7.93. The topological polar surface area (TPSA) is 55.1 Å². The molecule has 21 heavy (non-hydrogen) atoms. The number of rotatable bonds is 7. The van der Waals surface area contributed by atoms with Gasteiger partial charge in [-0.2, -0.15) is 11.8 Å². The lowest BCUT2D eigenvalue weighted by Crippen LogP contribution is -2.56. The zero-order valence-electron chi connectivity index (χ0n) is 13.0. The number of likely N-dealkylation sites (N-methyl/N-ethyl adjacent to an activating group) is 1. The lowest BCUT2D eigenvalue weighted by Gasteiger charge is -2.32. The van der Waals surface area contributed by atoms with Crippen LogP contribution < -0.4 is 11.1 Å². The fourth-order valence-corrected chi connectivity index (χ4v) is 4.56. The van der Waals surface area contributed by atoms with Gasteiger partial charge in [-0.3, -0.25) is 4.79 Å². The molecule has 0 heterocycles. The summed E-state index contributed by atoms with van der Waals surface area (Å²) in [6, 6.07) is 8.53. The number of primary amides is 1. The van der Waals surface area contributed by atoms with Crippen molar-refractivity contribution >= 4 is 17.7 Å². The van der Waals surface area contributed by atoms with Gasteiger partial charge in [-0.25, -0.2) is 0 Å². The van der Waals surface area contributed by atoms with Crippen molar-refractivity contribution in [2.75, 3.05) is 12.8 Å². The van der Waals surface area contributed by atoms with Gasteiger partial charge in [-0.15, -0.1) is 0 Å². The van der Waals surface area contributed by atoms with E-state index < -0.39 is 5.54 Å². The molecule has 1 fully saturated rings. The summed E-state index contributed by atoms with van der Waals surface area (Å²) in [7, 11) is 1.86. The van der Waals surface area contributed by atoms with Gasteiger partial charge in [-0.1, -0.05) is 30.7 Å². The number of carbonyl (C=O) groups excluding carboxylic acids is 1. The summed E-state index contributed by atoms with van der Waals surface area (Å²) in [6.07, 6.45) is 4.14. The van der Waals surface area contributed by atoms with Crippen molar-refractivity contribution in [3.8, 4) is 0 Å². The van der Waals surface area contributed by atoms with Crippen molar-refractivity contribution in [2.24, 2.45) is 11.7 Å². The van der Waals surface area contributed by atoms with E-state index >= 15 is 0 Å². The first-order chi connectivity index (χ1) is 10.1. The van der Waals surface area contributed by atoms with Gasteiger partial charge in [0.25, 0.3) is 0 Å². The molecule has 3 nitrogen and oxygen atoms in total. The van der Waals surface area contributed by atoms with Crippen LogP contribution in [0.3, 0.4) is 0 Å². The van der Waals surface area contributed by atoms with Crippen molar-refractivity contribution in [3.05, 3.63) is 35.4 Å². The molecule has 116 valence electrons. The Hall–Kier alpha value is -1.00. The molecule has 1 aromatic rings. The molecule has 0 aliphatic heterocycles. The fourth-order valence-electron chi connectivity index (χ4n) is 3.43. The molecular formula is C17H26N2OS. The van der Waals surface area contributed by atoms with Crippen molar-refractivity contribution in [1.82, 2.24) is 5.32 Å². The van der Waals surface area contributed by atoms with Crippen LogP contribution in [0.5, 0.6) is 0 Å². The van der Waals surface area contributed by atoms with Crippen LogP contribution in [0.4, 0.5) is 0 Å². The molecule has 0 radical (unpaired) electrons. The van der Waals surface area contributed by atoms with Crippen LogP contribution in [0.25, 0.3) is 0 Å². The highest BCUT2D eigenvalue weighted by Gasteiger charge is 2.45. The second-order valence-corrected chi connectivity index (χ2v) is 7.05. The maximum absolute atomic E-state index is 11.8. The minimum atomic E-state index is -0.469.